The van der Waals surface area contributed by atoms with E-state index in [0.717, 1.165) is 5.56 Å². The van der Waals surface area contributed by atoms with Crippen LogP contribution >= 0.6 is 0 Å². The normalized spacial score (nSPS) is 15.0. The Morgan fingerprint density at radius 2 is 2.00 bits per heavy atom. The summed E-state index contributed by atoms with van der Waals surface area (Å²) < 4.78 is 17.9. The second-order valence-electron chi connectivity index (χ2n) is 7.36. The number of carbonyl (C=O) groups excluding carboxylic acids is 1. The molecule has 32 heavy (non-hydrogen) atoms. The maximum absolute atomic E-state index is 13.8. The van der Waals surface area contributed by atoms with E-state index in [1.807, 2.05) is 25.1 Å². The van der Waals surface area contributed by atoms with Crippen LogP contribution in [0.4, 0.5) is 0 Å². The number of ether oxygens (including phenoxy) is 3. The van der Waals surface area contributed by atoms with Crippen LogP contribution in [-0.4, -0.2) is 29.7 Å². The number of nitrogens with two attached hydrogens (primary N) is 1. The van der Waals surface area contributed by atoms with Crippen LogP contribution in [0.3, 0.4) is 0 Å². The highest BCUT2D eigenvalue weighted by molar-refractivity contribution is 5.92. The molecule has 3 aromatic rings. The zero-order valence-corrected chi connectivity index (χ0v) is 18.0. The van der Waals surface area contributed by atoms with Gasteiger partial charge in [0.2, 0.25) is 5.88 Å². The molecule has 0 amide bonds. The molecule has 0 spiro atoms. The number of fused-ring (bicyclic) bond motifs is 1. The third-order valence-electron chi connectivity index (χ3n) is 5.49. The van der Waals surface area contributed by atoms with Crippen LogP contribution in [0.15, 0.2) is 71.1 Å². The van der Waals surface area contributed by atoms with E-state index in [4.69, 9.17) is 19.9 Å². The van der Waals surface area contributed by atoms with Crippen molar-refractivity contribution in [1.82, 2.24) is 9.55 Å². The van der Waals surface area contributed by atoms with E-state index in [1.54, 1.807) is 41.2 Å². The lowest BCUT2D eigenvalue weighted by molar-refractivity contribution is -0.136. The van der Waals surface area contributed by atoms with Crippen molar-refractivity contribution in [3.05, 3.63) is 99.1 Å². The number of para-hydroxylation sites is 1. The Kier molecular flexibility index (Phi) is 5.68. The molecule has 1 aromatic carbocycles. The summed E-state index contributed by atoms with van der Waals surface area (Å²) in [7, 11) is 2.78. The second-order valence-corrected chi connectivity index (χ2v) is 7.36. The van der Waals surface area contributed by atoms with Gasteiger partial charge in [-0.2, -0.15) is 0 Å². The van der Waals surface area contributed by atoms with Gasteiger partial charge in [0, 0.05) is 29.7 Å². The Balaban J connectivity index is 1.98. The van der Waals surface area contributed by atoms with E-state index >= 15 is 0 Å². The van der Waals surface area contributed by atoms with Crippen LogP contribution in [0.1, 0.15) is 28.3 Å². The number of methoxy groups -OCH3 is 2. The standard InChI is InChI=1S/C24H23N3O5/c1-14-11-18-20(23(28)27(14)13-15-7-6-10-26-12-15)19(16-8-4-5-9-17(16)30-2)21(22(25)32-18)24(29)31-3/h4-12,19H,13,25H2,1-3H3/t19-/m0/s1. The molecular weight excluding hydrogens is 410 g/mol. The van der Waals surface area contributed by atoms with Gasteiger partial charge in [0.15, 0.2) is 0 Å². The summed E-state index contributed by atoms with van der Waals surface area (Å²) in [5.41, 5.74) is 8.36. The molecule has 0 aliphatic carbocycles. The van der Waals surface area contributed by atoms with E-state index in [1.165, 1.54) is 14.2 Å². The number of esters is 1. The molecule has 3 heterocycles. The summed E-state index contributed by atoms with van der Waals surface area (Å²) in [4.78, 5) is 30.6. The first-order valence-electron chi connectivity index (χ1n) is 9.98. The number of benzene rings is 1. The third kappa shape index (κ3) is 3.60. The topological polar surface area (TPSA) is 106 Å². The van der Waals surface area contributed by atoms with Crippen LogP contribution in [0.5, 0.6) is 11.5 Å². The highest BCUT2D eigenvalue weighted by atomic mass is 16.5. The number of hydrogen-bond acceptors (Lipinski definition) is 7. The van der Waals surface area contributed by atoms with Crippen molar-refractivity contribution < 1.29 is 19.0 Å². The largest absolute Gasteiger partial charge is 0.496 e. The third-order valence-corrected chi connectivity index (χ3v) is 5.49. The van der Waals surface area contributed by atoms with Gasteiger partial charge < -0.3 is 24.5 Å². The number of aryl methyl sites for hydroxylation is 1. The molecular formula is C24H23N3O5. The molecule has 0 unspecified atom stereocenters. The van der Waals surface area contributed by atoms with Gasteiger partial charge in [0.1, 0.15) is 17.1 Å². The lowest BCUT2D eigenvalue weighted by atomic mass is 9.83. The molecule has 8 heteroatoms. The molecule has 0 bridgehead atoms. The van der Waals surface area contributed by atoms with Crippen molar-refractivity contribution in [2.45, 2.75) is 19.4 Å². The zero-order valence-electron chi connectivity index (χ0n) is 18.0. The van der Waals surface area contributed by atoms with Crippen molar-refractivity contribution in [1.29, 1.82) is 0 Å². The Bertz CT molecular complexity index is 1260. The zero-order chi connectivity index (χ0) is 22.8. The maximum Gasteiger partial charge on any atom is 0.340 e. The molecule has 1 aliphatic heterocycles. The SMILES string of the molecule is COC(=O)C1=C(N)Oc2cc(C)n(Cc3cccnc3)c(=O)c2[C@@H]1c1ccccc1OC. The van der Waals surface area contributed by atoms with Crippen LogP contribution in [0.2, 0.25) is 0 Å². The van der Waals surface area contributed by atoms with Crippen LogP contribution < -0.4 is 20.8 Å². The summed E-state index contributed by atoms with van der Waals surface area (Å²) in [6, 6.07) is 12.6. The fourth-order valence-electron chi connectivity index (χ4n) is 3.98. The van der Waals surface area contributed by atoms with Gasteiger partial charge in [0.05, 0.1) is 32.2 Å². The minimum absolute atomic E-state index is 0.0541. The summed E-state index contributed by atoms with van der Waals surface area (Å²) >= 11 is 0. The average molecular weight is 433 g/mol. The van der Waals surface area contributed by atoms with Crippen LogP contribution in [0, 0.1) is 6.92 Å². The fourth-order valence-corrected chi connectivity index (χ4v) is 3.98. The van der Waals surface area contributed by atoms with Crippen LogP contribution in [0.25, 0.3) is 0 Å². The maximum atomic E-state index is 13.8. The van der Waals surface area contributed by atoms with Crippen molar-refractivity contribution in [2.24, 2.45) is 5.73 Å². The van der Waals surface area contributed by atoms with Crippen molar-refractivity contribution in [2.75, 3.05) is 14.2 Å². The molecule has 1 atom stereocenters. The molecule has 0 fully saturated rings. The van der Waals surface area contributed by atoms with E-state index < -0.39 is 11.9 Å². The Hall–Kier alpha value is -4.07. The minimum Gasteiger partial charge on any atom is -0.496 e. The lowest BCUT2D eigenvalue weighted by Gasteiger charge is -2.29. The average Bonchev–Trinajstić information content (AvgIpc) is 2.81. The molecule has 4 rings (SSSR count). The first-order valence-corrected chi connectivity index (χ1v) is 9.98. The van der Waals surface area contributed by atoms with E-state index in [-0.39, 0.29) is 17.0 Å². The molecule has 2 aromatic heterocycles. The van der Waals surface area contributed by atoms with Gasteiger partial charge in [-0.15, -0.1) is 0 Å². The molecule has 1 aliphatic rings. The number of nitrogens with zero attached hydrogens (tertiary/aromatic N) is 2. The van der Waals surface area contributed by atoms with Gasteiger partial charge in [-0.05, 0) is 24.6 Å². The van der Waals surface area contributed by atoms with Gasteiger partial charge in [-0.25, -0.2) is 4.79 Å². The summed E-state index contributed by atoms with van der Waals surface area (Å²) in [6.07, 6.45) is 3.38. The van der Waals surface area contributed by atoms with E-state index in [2.05, 4.69) is 4.98 Å². The fraction of sp³-hybridized carbons (Fsp3) is 0.208. The number of hydrogen-bond donors (Lipinski definition) is 1. The summed E-state index contributed by atoms with van der Waals surface area (Å²) in [5.74, 6) is -0.795. The lowest BCUT2D eigenvalue weighted by Crippen LogP contribution is -2.35. The highest BCUT2D eigenvalue weighted by Gasteiger charge is 2.39. The molecule has 0 saturated heterocycles. The molecule has 164 valence electrons. The predicted octanol–water partition coefficient (Wildman–Crippen LogP) is 2.48. The Morgan fingerprint density at radius 1 is 1.22 bits per heavy atom. The smallest absolute Gasteiger partial charge is 0.340 e. The van der Waals surface area contributed by atoms with Crippen molar-refractivity contribution in [3.8, 4) is 11.5 Å². The molecule has 0 radical (unpaired) electrons. The first kappa shape index (κ1) is 21.2. The van der Waals surface area contributed by atoms with Gasteiger partial charge >= 0.3 is 5.97 Å². The second kappa shape index (κ2) is 8.58. The van der Waals surface area contributed by atoms with Gasteiger partial charge in [-0.1, -0.05) is 24.3 Å². The van der Waals surface area contributed by atoms with Crippen LogP contribution in [-0.2, 0) is 16.1 Å². The predicted molar refractivity (Wildman–Crippen MR) is 117 cm³/mol. The minimum atomic E-state index is -0.824. The highest BCUT2D eigenvalue weighted by Crippen LogP contribution is 2.44. The molecule has 2 N–H and O–H groups in total. The first-order chi connectivity index (χ1) is 15.5. The molecule has 8 nitrogen and oxygen atoms in total. The van der Waals surface area contributed by atoms with Gasteiger partial charge in [0.25, 0.3) is 5.56 Å². The summed E-state index contributed by atoms with van der Waals surface area (Å²) in [6.45, 7) is 2.13. The number of aromatic nitrogens is 2. The number of carbonyl (C=O) groups is 1. The molecule has 0 saturated carbocycles. The Labute approximate surface area is 184 Å². The van der Waals surface area contributed by atoms with Crippen molar-refractivity contribution in [3.63, 3.8) is 0 Å². The van der Waals surface area contributed by atoms with Gasteiger partial charge in [-0.3, -0.25) is 9.78 Å². The Morgan fingerprint density at radius 3 is 2.69 bits per heavy atom. The monoisotopic (exact) mass is 433 g/mol. The number of rotatable bonds is 5. The van der Waals surface area contributed by atoms with E-state index in [0.29, 0.717) is 34.9 Å². The van der Waals surface area contributed by atoms with Crippen molar-refractivity contribution >= 4 is 5.97 Å². The van der Waals surface area contributed by atoms with E-state index in [9.17, 15) is 9.59 Å². The number of pyridine rings is 2. The quantitative estimate of drug-likeness (QED) is 0.616. The summed E-state index contributed by atoms with van der Waals surface area (Å²) in [5, 5.41) is 0.